The van der Waals surface area contributed by atoms with Gasteiger partial charge in [0.2, 0.25) is 0 Å². The Kier molecular flexibility index (Phi) is 5.40. The van der Waals surface area contributed by atoms with Gasteiger partial charge in [0.15, 0.2) is 35.0 Å². The first-order chi connectivity index (χ1) is 12.5. The van der Waals surface area contributed by atoms with Crippen LogP contribution in [0, 0.1) is 34.5 Å². The molecule has 4 rings (SSSR count). The summed E-state index contributed by atoms with van der Waals surface area (Å²) in [6.07, 6.45) is 0. The Morgan fingerprint density at radius 3 is 0.963 bits per heavy atom. The summed E-state index contributed by atoms with van der Waals surface area (Å²) in [7, 11) is 0. The third-order valence-electron chi connectivity index (χ3n) is 4.22. The van der Waals surface area contributed by atoms with Crippen LogP contribution >= 0.6 is 0 Å². The number of fused-ring (bicyclic) bond motifs is 2. The number of carbonyl (C=O) groups excluding carboxylic acids is 4. The molecule has 27 heavy (non-hydrogen) atoms. The first-order valence-corrected chi connectivity index (χ1v) is 7.65. The number of ketones is 4. The summed E-state index contributed by atoms with van der Waals surface area (Å²) in [5, 5.41) is 17.2. The fraction of sp³-hybridized carbons (Fsp3) is 0.100. The number of hydrogen-bond donors (Lipinski definition) is 0. The maximum Gasteiger partial charge on any atom is 0.188 e. The van der Waals surface area contributed by atoms with Crippen LogP contribution in [0.5, 0.6) is 0 Å². The Bertz CT molecular complexity index is 903. The molecular formula is C20H12N2O5. The van der Waals surface area contributed by atoms with E-state index in [9.17, 15) is 19.2 Å². The van der Waals surface area contributed by atoms with Gasteiger partial charge in [-0.05, 0) is 0 Å². The lowest BCUT2D eigenvalue weighted by atomic mass is 10.1. The van der Waals surface area contributed by atoms with E-state index in [2.05, 4.69) is 0 Å². The van der Waals surface area contributed by atoms with Crippen LogP contribution in [0.4, 0.5) is 0 Å². The number of rotatable bonds is 0. The first-order valence-electron chi connectivity index (χ1n) is 7.65. The molecule has 2 aliphatic carbocycles. The molecule has 0 spiro atoms. The Hall–Kier alpha value is -3.94. The number of hydrogen-bond acceptors (Lipinski definition) is 6. The minimum atomic E-state index is -1.11. The second-order valence-corrected chi connectivity index (χ2v) is 5.67. The number of nitrogens with zero attached hydrogens (tertiary/aromatic N) is 2. The van der Waals surface area contributed by atoms with Gasteiger partial charge in [0.05, 0.1) is 12.1 Å². The molecule has 0 aromatic heterocycles. The average Bonchev–Trinajstić information content (AvgIpc) is 3.07. The van der Waals surface area contributed by atoms with Gasteiger partial charge in [-0.1, -0.05) is 48.5 Å². The number of carbonyl (C=O) groups is 4. The molecule has 7 nitrogen and oxygen atoms in total. The van der Waals surface area contributed by atoms with Crippen molar-refractivity contribution in [1.29, 1.82) is 10.5 Å². The van der Waals surface area contributed by atoms with Gasteiger partial charge in [-0.2, -0.15) is 10.5 Å². The molecule has 0 saturated heterocycles. The highest BCUT2D eigenvalue weighted by Crippen LogP contribution is 2.26. The van der Waals surface area contributed by atoms with Gasteiger partial charge in [-0.3, -0.25) is 19.2 Å². The van der Waals surface area contributed by atoms with E-state index in [4.69, 9.17) is 10.5 Å². The first kappa shape index (κ1) is 19.4. The molecule has 2 N–H and O–H groups in total. The minimum Gasteiger partial charge on any atom is -0.412 e. The maximum atomic E-state index is 11.4. The zero-order chi connectivity index (χ0) is 18.8. The Labute approximate surface area is 153 Å². The summed E-state index contributed by atoms with van der Waals surface area (Å²) < 4.78 is 0. The highest BCUT2D eigenvalue weighted by atomic mass is 16.2. The van der Waals surface area contributed by atoms with Crippen LogP contribution in [0.3, 0.4) is 0 Å². The van der Waals surface area contributed by atoms with Crippen molar-refractivity contribution in [3.63, 3.8) is 0 Å². The summed E-state index contributed by atoms with van der Waals surface area (Å²) in [6.45, 7) is 0. The number of nitriles is 2. The van der Waals surface area contributed by atoms with Crippen LogP contribution in [-0.2, 0) is 0 Å². The maximum absolute atomic E-state index is 11.4. The Balaban J connectivity index is 0.000000187. The lowest BCUT2D eigenvalue weighted by molar-refractivity contribution is 0.0860. The molecule has 7 heteroatoms. The summed E-state index contributed by atoms with van der Waals surface area (Å²) >= 11 is 0. The predicted molar refractivity (Wildman–Crippen MR) is 92.0 cm³/mol. The molecule has 0 heterocycles. The molecule has 0 atom stereocenters. The van der Waals surface area contributed by atoms with Crippen molar-refractivity contribution in [3.05, 3.63) is 70.8 Å². The minimum absolute atomic E-state index is 0. The van der Waals surface area contributed by atoms with E-state index in [0.717, 1.165) is 0 Å². The highest BCUT2D eigenvalue weighted by Gasteiger charge is 2.38. The smallest absolute Gasteiger partial charge is 0.188 e. The zero-order valence-corrected chi connectivity index (χ0v) is 13.8. The topological polar surface area (TPSA) is 147 Å². The fourth-order valence-corrected chi connectivity index (χ4v) is 2.92. The van der Waals surface area contributed by atoms with Gasteiger partial charge in [0, 0.05) is 22.3 Å². The molecule has 2 aromatic rings. The molecule has 0 amide bonds. The summed E-state index contributed by atoms with van der Waals surface area (Å²) in [5.74, 6) is -3.72. The van der Waals surface area contributed by atoms with Crippen LogP contribution in [0.25, 0.3) is 0 Å². The third kappa shape index (κ3) is 3.04. The van der Waals surface area contributed by atoms with E-state index < -0.39 is 11.8 Å². The van der Waals surface area contributed by atoms with Crippen molar-refractivity contribution >= 4 is 23.1 Å². The van der Waals surface area contributed by atoms with Gasteiger partial charge in [-0.25, -0.2) is 0 Å². The average molecular weight is 360 g/mol. The molecule has 2 aliphatic rings. The zero-order valence-electron chi connectivity index (χ0n) is 13.8. The van der Waals surface area contributed by atoms with E-state index in [1.54, 1.807) is 60.7 Å². The number of Topliss-reactive ketones (excluding diaryl/α,β-unsaturated/α-hetero) is 4. The predicted octanol–water partition coefficient (Wildman–Crippen LogP) is 1.59. The van der Waals surface area contributed by atoms with E-state index in [-0.39, 0.29) is 28.6 Å². The molecule has 0 bridgehead atoms. The quantitative estimate of drug-likeness (QED) is 0.651. The van der Waals surface area contributed by atoms with E-state index in [0.29, 0.717) is 22.3 Å². The number of benzene rings is 2. The SMILES string of the molecule is N#CC1C(=O)c2ccccc2C1=O.N#CC1C(=O)c2ccccc2C1=O.O. The molecule has 132 valence electrons. The molecule has 0 radical (unpaired) electrons. The van der Waals surface area contributed by atoms with Gasteiger partial charge < -0.3 is 5.48 Å². The van der Waals surface area contributed by atoms with Gasteiger partial charge in [0.25, 0.3) is 0 Å². The monoisotopic (exact) mass is 360 g/mol. The third-order valence-corrected chi connectivity index (χ3v) is 4.22. The van der Waals surface area contributed by atoms with Crippen molar-refractivity contribution in [3.8, 4) is 12.1 Å². The van der Waals surface area contributed by atoms with E-state index in [1.165, 1.54) is 0 Å². The van der Waals surface area contributed by atoms with Crippen molar-refractivity contribution in [2.45, 2.75) is 0 Å². The molecule has 0 fully saturated rings. The van der Waals surface area contributed by atoms with Crippen LogP contribution in [0.15, 0.2) is 48.5 Å². The van der Waals surface area contributed by atoms with Crippen molar-refractivity contribution in [2.24, 2.45) is 11.8 Å². The van der Waals surface area contributed by atoms with Crippen LogP contribution < -0.4 is 0 Å². The van der Waals surface area contributed by atoms with Gasteiger partial charge in [-0.15, -0.1) is 0 Å². The fourth-order valence-electron chi connectivity index (χ4n) is 2.92. The molecule has 2 aromatic carbocycles. The molecule has 0 saturated carbocycles. The lowest BCUT2D eigenvalue weighted by Crippen LogP contribution is -2.11. The highest BCUT2D eigenvalue weighted by molar-refractivity contribution is 6.28. The van der Waals surface area contributed by atoms with Crippen LogP contribution in [0.1, 0.15) is 41.4 Å². The van der Waals surface area contributed by atoms with E-state index in [1.807, 2.05) is 0 Å². The summed E-state index contributed by atoms with van der Waals surface area (Å²) in [5.41, 5.74) is 1.50. The molecule has 0 unspecified atom stereocenters. The second kappa shape index (κ2) is 7.52. The van der Waals surface area contributed by atoms with Crippen LogP contribution in [-0.4, -0.2) is 28.6 Å². The normalized spacial score (nSPS) is 15.0. The van der Waals surface area contributed by atoms with Crippen molar-refractivity contribution in [1.82, 2.24) is 0 Å². The molecule has 0 aliphatic heterocycles. The molecular weight excluding hydrogens is 348 g/mol. The van der Waals surface area contributed by atoms with Crippen LogP contribution in [0.2, 0.25) is 0 Å². The Morgan fingerprint density at radius 2 is 0.778 bits per heavy atom. The standard InChI is InChI=1S/2C10H5NO2.H2O/c2*11-5-8-9(12)6-3-1-2-4-7(6)10(8)13;/h2*1-4,8H;1H2. The van der Waals surface area contributed by atoms with E-state index >= 15 is 0 Å². The largest absolute Gasteiger partial charge is 0.412 e. The summed E-state index contributed by atoms with van der Waals surface area (Å²) in [6, 6.07) is 16.5. The Morgan fingerprint density at radius 1 is 0.556 bits per heavy atom. The van der Waals surface area contributed by atoms with Crippen molar-refractivity contribution in [2.75, 3.05) is 0 Å². The van der Waals surface area contributed by atoms with Crippen molar-refractivity contribution < 1.29 is 24.7 Å². The lowest BCUT2D eigenvalue weighted by Gasteiger charge is -1.90. The summed E-state index contributed by atoms with van der Waals surface area (Å²) in [4.78, 5) is 45.6. The van der Waals surface area contributed by atoms with Gasteiger partial charge >= 0.3 is 0 Å². The van der Waals surface area contributed by atoms with Gasteiger partial charge in [0.1, 0.15) is 0 Å². The second-order valence-electron chi connectivity index (χ2n) is 5.67.